The number of esters is 1. The fraction of sp³-hybridized carbons (Fsp3) is 0.500. The van der Waals surface area contributed by atoms with Crippen LogP contribution in [0.4, 0.5) is 5.82 Å². The van der Waals surface area contributed by atoms with Gasteiger partial charge in [0.2, 0.25) is 0 Å². The van der Waals surface area contributed by atoms with Crippen LogP contribution in [0.15, 0.2) is 0 Å². The number of nitrogens with one attached hydrogen (secondary N) is 1. The number of nitrogens with zero attached hydrogens (tertiary/aromatic N) is 2. The Hall–Kier alpha value is -1.36. The highest BCUT2D eigenvalue weighted by Gasteiger charge is 2.08. The van der Waals surface area contributed by atoms with E-state index in [2.05, 4.69) is 15.3 Å². The van der Waals surface area contributed by atoms with Crippen LogP contribution >= 0.6 is 11.6 Å². The van der Waals surface area contributed by atoms with Gasteiger partial charge in [-0.15, -0.1) is 0 Å². The van der Waals surface area contributed by atoms with Crippen LogP contribution in [-0.2, 0) is 9.53 Å². The number of carbonyl (C=O) groups excluding carboxylic acids is 1. The lowest BCUT2D eigenvalue weighted by Gasteiger charge is -2.08. The van der Waals surface area contributed by atoms with E-state index in [0.717, 1.165) is 11.4 Å². The molecule has 5 nitrogen and oxygen atoms in total. The van der Waals surface area contributed by atoms with Gasteiger partial charge in [0.25, 0.3) is 0 Å². The highest BCUT2D eigenvalue weighted by molar-refractivity contribution is 6.31. The Labute approximate surface area is 99.2 Å². The topological polar surface area (TPSA) is 64.1 Å². The average molecular weight is 244 g/mol. The van der Waals surface area contributed by atoms with Gasteiger partial charge in [0, 0.05) is 0 Å². The fourth-order valence-electron chi connectivity index (χ4n) is 1.06. The van der Waals surface area contributed by atoms with Crippen molar-refractivity contribution >= 4 is 23.4 Å². The lowest BCUT2D eigenvalue weighted by atomic mass is 10.3. The summed E-state index contributed by atoms with van der Waals surface area (Å²) in [7, 11) is 0. The minimum atomic E-state index is -0.349. The lowest BCUT2D eigenvalue weighted by Crippen LogP contribution is -2.18. The van der Waals surface area contributed by atoms with E-state index in [1.807, 2.05) is 13.8 Å². The summed E-state index contributed by atoms with van der Waals surface area (Å²) in [5.41, 5.74) is 1.54. The van der Waals surface area contributed by atoms with Gasteiger partial charge in [-0.2, -0.15) is 0 Å². The molecule has 6 heteroatoms. The molecule has 1 N–H and O–H groups in total. The first-order valence-corrected chi connectivity index (χ1v) is 5.32. The lowest BCUT2D eigenvalue weighted by molar-refractivity contribution is -0.140. The van der Waals surface area contributed by atoms with Crippen LogP contribution in [0.1, 0.15) is 18.3 Å². The van der Waals surface area contributed by atoms with Crippen LogP contribution in [0.3, 0.4) is 0 Å². The number of hydrogen-bond donors (Lipinski definition) is 1. The van der Waals surface area contributed by atoms with Crippen LogP contribution in [0.5, 0.6) is 0 Å². The largest absolute Gasteiger partial charge is 0.465 e. The molecule has 88 valence electrons. The van der Waals surface area contributed by atoms with Crippen LogP contribution in [0, 0.1) is 13.8 Å². The number of ether oxygens (including phenoxy) is 1. The smallest absolute Gasteiger partial charge is 0.325 e. The zero-order chi connectivity index (χ0) is 12.1. The molecule has 0 aliphatic heterocycles. The van der Waals surface area contributed by atoms with Crippen molar-refractivity contribution < 1.29 is 9.53 Å². The Kier molecular flexibility index (Phi) is 4.49. The van der Waals surface area contributed by atoms with Gasteiger partial charge in [-0.1, -0.05) is 11.6 Å². The number of aryl methyl sites for hydroxylation is 2. The molecule has 1 rings (SSSR count). The van der Waals surface area contributed by atoms with E-state index in [4.69, 9.17) is 16.3 Å². The third kappa shape index (κ3) is 3.34. The molecule has 0 amide bonds. The highest BCUT2D eigenvalue weighted by Crippen LogP contribution is 2.17. The molecule has 0 atom stereocenters. The zero-order valence-electron chi connectivity index (χ0n) is 9.50. The maximum Gasteiger partial charge on any atom is 0.325 e. The van der Waals surface area contributed by atoms with Crippen molar-refractivity contribution in [2.24, 2.45) is 0 Å². The van der Waals surface area contributed by atoms with Gasteiger partial charge >= 0.3 is 5.97 Å². The standard InChI is InChI=1S/C10H14ClN3O2/c1-4-16-8(15)5-12-10-9(11)13-6(2)7(3)14-10/h4-5H2,1-3H3,(H,12,14). The zero-order valence-corrected chi connectivity index (χ0v) is 10.3. The van der Waals surface area contributed by atoms with Crippen molar-refractivity contribution in [2.75, 3.05) is 18.5 Å². The molecule has 0 aromatic carbocycles. The maximum absolute atomic E-state index is 11.1. The van der Waals surface area contributed by atoms with Gasteiger partial charge in [0.05, 0.1) is 18.0 Å². The number of hydrogen-bond acceptors (Lipinski definition) is 5. The summed E-state index contributed by atoms with van der Waals surface area (Å²) < 4.78 is 4.76. The fourth-order valence-corrected chi connectivity index (χ4v) is 1.29. The first kappa shape index (κ1) is 12.7. The molecule has 0 radical (unpaired) electrons. The first-order valence-electron chi connectivity index (χ1n) is 4.94. The minimum absolute atomic E-state index is 0.0325. The number of carbonyl (C=O) groups is 1. The van der Waals surface area contributed by atoms with E-state index in [0.29, 0.717) is 12.4 Å². The second-order valence-electron chi connectivity index (χ2n) is 3.19. The van der Waals surface area contributed by atoms with Gasteiger partial charge in [-0.3, -0.25) is 4.79 Å². The van der Waals surface area contributed by atoms with Gasteiger partial charge in [-0.05, 0) is 20.8 Å². The van der Waals surface area contributed by atoms with Crippen molar-refractivity contribution in [3.05, 3.63) is 16.5 Å². The summed E-state index contributed by atoms with van der Waals surface area (Å²) in [4.78, 5) is 19.4. The number of aromatic nitrogens is 2. The van der Waals surface area contributed by atoms with Gasteiger partial charge < -0.3 is 10.1 Å². The highest BCUT2D eigenvalue weighted by atomic mass is 35.5. The van der Waals surface area contributed by atoms with Gasteiger partial charge in [0.1, 0.15) is 6.54 Å². The third-order valence-electron chi connectivity index (χ3n) is 1.97. The molecule has 1 heterocycles. The summed E-state index contributed by atoms with van der Waals surface area (Å²) in [5, 5.41) is 3.04. The summed E-state index contributed by atoms with van der Waals surface area (Å²) >= 11 is 5.87. The van der Waals surface area contributed by atoms with Crippen LogP contribution < -0.4 is 5.32 Å². The molecule has 1 aromatic heterocycles. The Balaban J connectivity index is 2.67. The van der Waals surface area contributed by atoms with E-state index in [1.165, 1.54) is 0 Å². The Morgan fingerprint density at radius 2 is 2.00 bits per heavy atom. The van der Waals surface area contributed by atoms with E-state index in [1.54, 1.807) is 6.92 Å². The van der Waals surface area contributed by atoms with Crippen LogP contribution in [0.25, 0.3) is 0 Å². The van der Waals surface area contributed by atoms with Gasteiger partial charge in [0.15, 0.2) is 11.0 Å². The van der Waals surface area contributed by atoms with Crippen molar-refractivity contribution in [2.45, 2.75) is 20.8 Å². The average Bonchev–Trinajstić information content (AvgIpc) is 2.22. The Morgan fingerprint density at radius 1 is 1.38 bits per heavy atom. The second-order valence-corrected chi connectivity index (χ2v) is 3.55. The molecule has 16 heavy (non-hydrogen) atoms. The molecule has 0 aliphatic carbocycles. The van der Waals surface area contributed by atoms with E-state index >= 15 is 0 Å². The molecular weight excluding hydrogens is 230 g/mol. The number of rotatable bonds is 4. The minimum Gasteiger partial charge on any atom is -0.465 e. The molecule has 0 saturated heterocycles. The predicted molar refractivity (Wildman–Crippen MR) is 61.6 cm³/mol. The van der Waals surface area contributed by atoms with E-state index < -0.39 is 0 Å². The van der Waals surface area contributed by atoms with Crippen molar-refractivity contribution in [1.29, 1.82) is 0 Å². The SMILES string of the molecule is CCOC(=O)CNc1nc(C)c(C)nc1Cl. The summed E-state index contributed by atoms with van der Waals surface area (Å²) in [6, 6.07) is 0. The monoisotopic (exact) mass is 243 g/mol. The molecule has 0 saturated carbocycles. The molecule has 0 spiro atoms. The van der Waals surface area contributed by atoms with E-state index in [9.17, 15) is 4.79 Å². The molecule has 0 bridgehead atoms. The van der Waals surface area contributed by atoms with Crippen LogP contribution in [0.2, 0.25) is 5.15 Å². The summed E-state index contributed by atoms with van der Waals surface area (Å²) in [6.07, 6.45) is 0. The van der Waals surface area contributed by atoms with Crippen LogP contribution in [-0.4, -0.2) is 29.1 Å². The predicted octanol–water partition coefficient (Wildman–Crippen LogP) is 1.72. The van der Waals surface area contributed by atoms with E-state index in [-0.39, 0.29) is 17.7 Å². The number of halogens is 1. The molecule has 1 aromatic rings. The quantitative estimate of drug-likeness (QED) is 0.816. The normalized spacial score (nSPS) is 10.0. The van der Waals surface area contributed by atoms with Crippen molar-refractivity contribution in [3.8, 4) is 0 Å². The molecule has 0 aliphatic rings. The molecule has 0 unspecified atom stereocenters. The third-order valence-corrected chi connectivity index (χ3v) is 2.23. The van der Waals surface area contributed by atoms with Gasteiger partial charge in [-0.25, -0.2) is 9.97 Å². The molecular formula is C10H14ClN3O2. The molecule has 0 fully saturated rings. The summed E-state index contributed by atoms with van der Waals surface area (Å²) in [6.45, 7) is 5.79. The maximum atomic E-state index is 11.1. The first-order chi connectivity index (χ1) is 7.54. The van der Waals surface area contributed by atoms with Crippen molar-refractivity contribution in [1.82, 2.24) is 9.97 Å². The second kappa shape index (κ2) is 5.65. The Morgan fingerprint density at radius 3 is 2.62 bits per heavy atom. The summed E-state index contributed by atoms with van der Waals surface area (Å²) in [5.74, 6) is 0.0522. The number of anilines is 1. The van der Waals surface area contributed by atoms with Crippen molar-refractivity contribution in [3.63, 3.8) is 0 Å². The Bertz CT molecular complexity index is 396.